The van der Waals surface area contributed by atoms with Gasteiger partial charge in [0, 0.05) is 21.8 Å². The van der Waals surface area contributed by atoms with Crippen molar-refractivity contribution in [1.29, 1.82) is 0 Å². The van der Waals surface area contributed by atoms with Crippen molar-refractivity contribution in [1.82, 2.24) is 4.57 Å². The Hall–Kier alpha value is -1.06. The summed E-state index contributed by atoms with van der Waals surface area (Å²) in [4.78, 5) is 13.4. The molecule has 2 nitrogen and oxygen atoms in total. The molecule has 0 radical (unpaired) electrons. The fraction of sp³-hybridized carbons (Fsp3) is 0.400. The van der Waals surface area contributed by atoms with Crippen molar-refractivity contribution in [3.8, 4) is 0 Å². The lowest BCUT2D eigenvalue weighted by Crippen LogP contribution is -2.13. The highest BCUT2D eigenvalue weighted by molar-refractivity contribution is 7.10. The first-order valence-electron chi connectivity index (χ1n) is 6.33. The van der Waals surface area contributed by atoms with Gasteiger partial charge in [-0.15, -0.1) is 22.9 Å². The molecule has 0 aromatic carbocycles. The van der Waals surface area contributed by atoms with Crippen LogP contribution in [0.15, 0.2) is 23.6 Å². The molecule has 0 spiro atoms. The number of ketones is 1. The third kappa shape index (κ3) is 2.63. The first-order valence-corrected chi connectivity index (χ1v) is 7.65. The van der Waals surface area contributed by atoms with Crippen LogP contribution in [0.2, 0.25) is 0 Å². The van der Waals surface area contributed by atoms with E-state index in [0.717, 1.165) is 17.0 Å². The standard InChI is InChI=1S/C15H18ClNOS/c1-9-8-13(15(18)10(2)16)11(3)17(9)12(4)14-6-5-7-19-14/h5-8,10,12H,1-4H3. The van der Waals surface area contributed by atoms with Gasteiger partial charge in [0.15, 0.2) is 5.78 Å². The molecule has 0 saturated heterocycles. The molecule has 0 amide bonds. The first-order chi connectivity index (χ1) is 8.93. The molecule has 2 aromatic heterocycles. The van der Waals surface area contributed by atoms with E-state index in [1.807, 2.05) is 19.9 Å². The summed E-state index contributed by atoms with van der Waals surface area (Å²) in [6.45, 7) is 7.90. The zero-order valence-corrected chi connectivity index (χ0v) is 13.2. The number of carbonyl (C=O) groups excluding carboxylic acids is 1. The van der Waals surface area contributed by atoms with Gasteiger partial charge in [0.2, 0.25) is 0 Å². The highest BCUT2D eigenvalue weighted by atomic mass is 35.5. The van der Waals surface area contributed by atoms with Crippen LogP contribution in [0, 0.1) is 13.8 Å². The molecule has 102 valence electrons. The lowest BCUT2D eigenvalue weighted by atomic mass is 10.1. The third-order valence-corrected chi connectivity index (χ3v) is 4.69. The highest BCUT2D eigenvalue weighted by Crippen LogP contribution is 2.29. The van der Waals surface area contributed by atoms with Crippen molar-refractivity contribution in [2.45, 2.75) is 39.1 Å². The van der Waals surface area contributed by atoms with E-state index in [4.69, 9.17) is 11.6 Å². The van der Waals surface area contributed by atoms with Gasteiger partial charge in [0.05, 0.1) is 11.4 Å². The predicted molar refractivity (Wildman–Crippen MR) is 81.7 cm³/mol. The van der Waals surface area contributed by atoms with Crippen molar-refractivity contribution < 1.29 is 4.79 Å². The van der Waals surface area contributed by atoms with E-state index >= 15 is 0 Å². The fourth-order valence-electron chi connectivity index (χ4n) is 2.49. The Bertz CT molecular complexity index is 584. The van der Waals surface area contributed by atoms with Crippen LogP contribution < -0.4 is 0 Å². The van der Waals surface area contributed by atoms with Gasteiger partial charge in [-0.05, 0) is 45.2 Å². The van der Waals surface area contributed by atoms with Crippen LogP contribution in [0.5, 0.6) is 0 Å². The van der Waals surface area contributed by atoms with Crippen molar-refractivity contribution in [3.05, 3.63) is 45.4 Å². The van der Waals surface area contributed by atoms with Crippen molar-refractivity contribution in [2.75, 3.05) is 0 Å². The van der Waals surface area contributed by atoms with Crippen molar-refractivity contribution in [3.63, 3.8) is 0 Å². The fourth-order valence-corrected chi connectivity index (χ4v) is 3.38. The van der Waals surface area contributed by atoms with Gasteiger partial charge in [-0.1, -0.05) is 6.07 Å². The molecule has 2 rings (SSSR count). The lowest BCUT2D eigenvalue weighted by Gasteiger charge is -2.17. The second-order valence-electron chi connectivity index (χ2n) is 4.83. The van der Waals surface area contributed by atoms with E-state index in [9.17, 15) is 4.79 Å². The molecule has 4 heteroatoms. The molecule has 2 unspecified atom stereocenters. The number of aromatic nitrogens is 1. The summed E-state index contributed by atoms with van der Waals surface area (Å²) in [7, 11) is 0. The van der Waals surface area contributed by atoms with Crippen LogP contribution in [-0.2, 0) is 0 Å². The number of Topliss-reactive ketones (excluding diaryl/α,β-unsaturated/α-hetero) is 1. The largest absolute Gasteiger partial charge is 0.341 e. The second kappa shape index (κ2) is 5.51. The maximum atomic E-state index is 12.1. The third-order valence-electron chi connectivity index (χ3n) is 3.45. The van der Waals surface area contributed by atoms with Gasteiger partial charge < -0.3 is 4.57 Å². The van der Waals surface area contributed by atoms with E-state index in [0.29, 0.717) is 0 Å². The van der Waals surface area contributed by atoms with Gasteiger partial charge >= 0.3 is 0 Å². The first kappa shape index (κ1) is 14.4. The Morgan fingerprint density at radius 3 is 2.58 bits per heavy atom. The molecule has 0 saturated carbocycles. The Balaban J connectivity index is 2.45. The highest BCUT2D eigenvalue weighted by Gasteiger charge is 2.22. The topological polar surface area (TPSA) is 22.0 Å². The van der Waals surface area contributed by atoms with Gasteiger partial charge in [0.1, 0.15) is 0 Å². The Morgan fingerprint density at radius 2 is 2.05 bits per heavy atom. The zero-order valence-electron chi connectivity index (χ0n) is 11.6. The zero-order chi connectivity index (χ0) is 14.2. The van der Waals surface area contributed by atoms with Crippen LogP contribution >= 0.6 is 22.9 Å². The minimum absolute atomic E-state index is 0.000559. The quantitative estimate of drug-likeness (QED) is 0.597. The van der Waals surface area contributed by atoms with Crippen molar-refractivity contribution >= 4 is 28.7 Å². The Kier molecular flexibility index (Phi) is 4.16. The number of aryl methyl sites for hydroxylation is 1. The smallest absolute Gasteiger partial charge is 0.182 e. The molecule has 0 N–H and O–H groups in total. The molecule has 0 aliphatic carbocycles. The summed E-state index contributed by atoms with van der Waals surface area (Å²) < 4.78 is 2.21. The van der Waals surface area contributed by atoms with Crippen LogP contribution in [-0.4, -0.2) is 15.7 Å². The van der Waals surface area contributed by atoms with Crippen LogP contribution in [0.25, 0.3) is 0 Å². The van der Waals surface area contributed by atoms with Crippen LogP contribution in [0.1, 0.15) is 46.5 Å². The van der Waals surface area contributed by atoms with E-state index in [1.165, 1.54) is 4.88 Å². The number of carbonyl (C=O) groups is 1. The summed E-state index contributed by atoms with van der Waals surface area (Å²) in [5.41, 5.74) is 2.83. The number of nitrogens with zero attached hydrogens (tertiary/aromatic N) is 1. The summed E-state index contributed by atoms with van der Waals surface area (Å²) in [6.07, 6.45) is 0. The van der Waals surface area contributed by atoms with E-state index in [2.05, 4.69) is 29.0 Å². The van der Waals surface area contributed by atoms with Gasteiger partial charge in [-0.3, -0.25) is 4.79 Å². The average molecular weight is 296 g/mol. The summed E-state index contributed by atoms with van der Waals surface area (Å²) in [5.74, 6) is -0.000559. The summed E-state index contributed by atoms with van der Waals surface area (Å²) in [6, 6.07) is 6.37. The number of alkyl halides is 1. The molecule has 2 aromatic rings. The maximum absolute atomic E-state index is 12.1. The van der Waals surface area contributed by atoms with Crippen molar-refractivity contribution in [2.24, 2.45) is 0 Å². The average Bonchev–Trinajstić information content (AvgIpc) is 2.96. The van der Waals surface area contributed by atoms with Gasteiger partial charge in [-0.25, -0.2) is 0 Å². The number of hydrogen-bond donors (Lipinski definition) is 0. The minimum atomic E-state index is -0.481. The lowest BCUT2D eigenvalue weighted by molar-refractivity contribution is 0.0991. The van der Waals surface area contributed by atoms with E-state index < -0.39 is 5.38 Å². The normalized spacial score (nSPS) is 14.4. The number of halogens is 1. The minimum Gasteiger partial charge on any atom is -0.341 e. The molecule has 2 atom stereocenters. The Morgan fingerprint density at radius 1 is 1.37 bits per heavy atom. The molecule has 0 bridgehead atoms. The summed E-state index contributed by atoms with van der Waals surface area (Å²) >= 11 is 7.65. The van der Waals surface area contributed by atoms with E-state index in [1.54, 1.807) is 18.3 Å². The monoisotopic (exact) mass is 295 g/mol. The molecule has 0 aliphatic rings. The van der Waals surface area contributed by atoms with E-state index in [-0.39, 0.29) is 11.8 Å². The van der Waals surface area contributed by atoms with Crippen LogP contribution in [0.4, 0.5) is 0 Å². The molecular formula is C15H18ClNOS. The molecule has 0 aliphatic heterocycles. The van der Waals surface area contributed by atoms with Gasteiger partial charge in [0.25, 0.3) is 0 Å². The molecule has 0 fully saturated rings. The van der Waals surface area contributed by atoms with Crippen LogP contribution in [0.3, 0.4) is 0 Å². The number of rotatable bonds is 4. The molecule has 2 heterocycles. The molecular weight excluding hydrogens is 278 g/mol. The number of thiophene rings is 1. The SMILES string of the molecule is Cc1cc(C(=O)C(C)Cl)c(C)n1C(C)c1cccs1. The summed E-state index contributed by atoms with van der Waals surface area (Å²) in [5, 5.41) is 1.60. The van der Waals surface area contributed by atoms with Gasteiger partial charge in [-0.2, -0.15) is 0 Å². The predicted octanol–water partition coefficient (Wildman–Crippen LogP) is 4.59. The molecule has 19 heavy (non-hydrogen) atoms. The Labute approximate surface area is 123 Å². The second-order valence-corrected chi connectivity index (χ2v) is 6.46. The number of hydrogen-bond acceptors (Lipinski definition) is 2. The maximum Gasteiger partial charge on any atom is 0.182 e.